The zero-order chi connectivity index (χ0) is 13.1. The third-order valence-corrected chi connectivity index (χ3v) is 4.37. The highest BCUT2D eigenvalue weighted by Gasteiger charge is 2.22. The fraction of sp³-hybridized carbons (Fsp3) is 0.769. The molecule has 0 radical (unpaired) electrons. The summed E-state index contributed by atoms with van der Waals surface area (Å²) in [5.41, 5.74) is 0.797. The van der Waals surface area contributed by atoms with E-state index in [1.165, 1.54) is 19.4 Å². The highest BCUT2D eigenvalue weighted by molar-refractivity contribution is 7.13. The summed E-state index contributed by atoms with van der Waals surface area (Å²) in [7, 11) is 4.28. The Morgan fingerprint density at radius 3 is 2.67 bits per heavy atom. The van der Waals surface area contributed by atoms with Gasteiger partial charge in [-0.25, -0.2) is 4.98 Å². The zero-order valence-corrected chi connectivity index (χ0v) is 12.3. The largest absolute Gasteiger partial charge is 0.387 e. The van der Waals surface area contributed by atoms with E-state index in [0.717, 1.165) is 29.8 Å². The molecule has 1 saturated heterocycles. The molecule has 0 amide bonds. The number of hydrogen-bond donors (Lipinski definition) is 1. The minimum atomic E-state index is -0.457. The molecule has 102 valence electrons. The normalized spacial score (nSPS) is 19.5. The van der Waals surface area contributed by atoms with Crippen molar-refractivity contribution in [2.75, 3.05) is 38.6 Å². The Bertz CT molecular complexity index is 370. The van der Waals surface area contributed by atoms with Crippen molar-refractivity contribution in [2.24, 2.45) is 5.92 Å². The Morgan fingerprint density at radius 1 is 1.50 bits per heavy atom. The zero-order valence-electron chi connectivity index (χ0n) is 11.5. The third-order valence-electron chi connectivity index (χ3n) is 3.45. The Balaban J connectivity index is 1.88. The van der Waals surface area contributed by atoms with Gasteiger partial charge in [0.05, 0.1) is 11.8 Å². The van der Waals surface area contributed by atoms with Crippen LogP contribution in [0.3, 0.4) is 0 Å². The summed E-state index contributed by atoms with van der Waals surface area (Å²) in [6.07, 6.45) is 2.02. The van der Waals surface area contributed by atoms with Crippen molar-refractivity contribution in [3.63, 3.8) is 0 Å². The van der Waals surface area contributed by atoms with Crippen LogP contribution in [0, 0.1) is 5.92 Å². The number of aromatic nitrogens is 1. The van der Waals surface area contributed by atoms with Crippen LogP contribution in [-0.2, 0) is 0 Å². The van der Waals surface area contributed by atoms with Gasteiger partial charge in [-0.05, 0) is 39.8 Å². The number of aliphatic hydroxyl groups excluding tert-OH is 1. The van der Waals surface area contributed by atoms with Crippen LogP contribution in [0.4, 0.5) is 5.13 Å². The van der Waals surface area contributed by atoms with Gasteiger partial charge in [0.1, 0.15) is 0 Å². The van der Waals surface area contributed by atoms with Gasteiger partial charge in [0.2, 0.25) is 0 Å². The van der Waals surface area contributed by atoms with Crippen LogP contribution in [0.25, 0.3) is 0 Å². The first kappa shape index (κ1) is 13.8. The molecule has 2 rings (SSSR count). The van der Waals surface area contributed by atoms with E-state index >= 15 is 0 Å². The predicted molar refractivity (Wildman–Crippen MR) is 76.2 cm³/mol. The van der Waals surface area contributed by atoms with Gasteiger partial charge in [-0.15, -0.1) is 11.3 Å². The lowest BCUT2D eigenvalue weighted by atomic mass is 9.97. The third kappa shape index (κ3) is 3.43. The van der Waals surface area contributed by atoms with Crippen LogP contribution >= 0.6 is 11.3 Å². The number of hydrogen-bond acceptors (Lipinski definition) is 5. The Labute approximate surface area is 113 Å². The number of nitrogens with zero attached hydrogens (tertiary/aromatic N) is 3. The van der Waals surface area contributed by atoms with E-state index in [9.17, 15) is 5.11 Å². The molecule has 0 aliphatic carbocycles. The molecule has 1 aliphatic heterocycles. The summed E-state index contributed by atoms with van der Waals surface area (Å²) in [6, 6.07) is 0. The lowest BCUT2D eigenvalue weighted by Gasteiger charge is -2.33. The van der Waals surface area contributed by atoms with E-state index in [0.29, 0.717) is 0 Å². The molecule has 0 aromatic carbocycles. The molecule has 18 heavy (non-hydrogen) atoms. The van der Waals surface area contributed by atoms with Gasteiger partial charge in [0.15, 0.2) is 5.13 Å². The summed E-state index contributed by atoms with van der Waals surface area (Å²) in [5.74, 6) is 0.812. The Kier molecular flexibility index (Phi) is 4.59. The molecule has 1 atom stereocenters. The van der Waals surface area contributed by atoms with Gasteiger partial charge in [-0.1, -0.05) is 0 Å². The van der Waals surface area contributed by atoms with Gasteiger partial charge >= 0.3 is 0 Å². The van der Waals surface area contributed by atoms with Crippen LogP contribution in [0.15, 0.2) is 5.38 Å². The number of piperidine rings is 1. The first-order chi connectivity index (χ1) is 8.56. The summed E-state index contributed by atoms with van der Waals surface area (Å²) in [5, 5.41) is 12.5. The van der Waals surface area contributed by atoms with Crippen LogP contribution in [-0.4, -0.2) is 48.7 Å². The fourth-order valence-corrected chi connectivity index (χ4v) is 3.40. The number of aliphatic hydroxyl groups is 1. The smallest absolute Gasteiger partial charge is 0.185 e. The van der Waals surface area contributed by atoms with Crippen molar-refractivity contribution >= 4 is 16.5 Å². The molecule has 1 N–H and O–H groups in total. The van der Waals surface area contributed by atoms with Gasteiger partial charge in [0, 0.05) is 25.0 Å². The fourth-order valence-electron chi connectivity index (χ4n) is 2.44. The number of anilines is 1. The first-order valence-electron chi connectivity index (χ1n) is 6.59. The van der Waals surface area contributed by atoms with Gasteiger partial charge in [-0.3, -0.25) is 0 Å². The quantitative estimate of drug-likeness (QED) is 0.907. The lowest BCUT2D eigenvalue weighted by Crippen LogP contribution is -2.37. The van der Waals surface area contributed by atoms with Crippen LogP contribution in [0.2, 0.25) is 0 Å². The molecule has 1 aliphatic rings. The van der Waals surface area contributed by atoms with Crippen molar-refractivity contribution in [2.45, 2.75) is 25.9 Å². The highest BCUT2D eigenvalue weighted by atomic mass is 32.1. The molecular weight excluding hydrogens is 246 g/mol. The van der Waals surface area contributed by atoms with E-state index in [1.807, 2.05) is 5.38 Å². The monoisotopic (exact) mass is 269 g/mol. The van der Waals surface area contributed by atoms with Crippen LogP contribution in [0.5, 0.6) is 0 Å². The molecule has 1 fully saturated rings. The SMILES string of the molecule is CC(O)c1csc(N2CCC(CN(C)C)CC2)n1. The molecule has 5 heteroatoms. The second-order valence-electron chi connectivity index (χ2n) is 5.42. The maximum absolute atomic E-state index is 9.50. The van der Waals surface area contributed by atoms with E-state index in [2.05, 4.69) is 28.9 Å². The van der Waals surface area contributed by atoms with Gasteiger partial charge in [-0.2, -0.15) is 0 Å². The molecule has 4 nitrogen and oxygen atoms in total. The minimum Gasteiger partial charge on any atom is -0.387 e. The van der Waals surface area contributed by atoms with Crippen molar-refractivity contribution < 1.29 is 5.11 Å². The van der Waals surface area contributed by atoms with E-state index in [1.54, 1.807) is 18.3 Å². The van der Waals surface area contributed by atoms with Crippen molar-refractivity contribution in [1.82, 2.24) is 9.88 Å². The van der Waals surface area contributed by atoms with Crippen LogP contribution in [0.1, 0.15) is 31.6 Å². The van der Waals surface area contributed by atoms with Gasteiger partial charge < -0.3 is 14.9 Å². The topological polar surface area (TPSA) is 39.6 Å². The average molecular weight is 269 g/mol. The summed E-state index contributed by atoms with van der Waals surface area (Å²) in [4.78, 5) is 9.13. The lowest BCUT2D eigenvalue weighted by molar-refractivity contribution is 0.195. The standard InChI is InChI=1S/C13H23N3OS/c1-10(17)12-9-18-13(14-12)16-6-4-11(5-7-16)8-15(2)3/h9-11,17H,4-8H2,1-3H3. The molecule has 2 heterocycles. The Morgan fingerprint density at radius 2 is 2.17 bits per heavy atom. The van der Waals surface area contributed by atoms with E-state index in [4.69, 9.17) is 0 Å². The second-order valence-corrected chi connectivity index (χ2v) is 6.26. The van der Waals surface area contributed by atoms with Gasteiger partial charge in [0.25, 0.3) is 0 Å². The molecule has 1 aromatic rings. The first-order valence-corrected chi connectivity index (χ1v) is 7.47. The number of thiazole rings is 1. The molecule has 1 unspecified atom stereocenters. The predicted octanol–water partition coefficient (Wildman–Crippen LogP) is 1.97. The van der Waals surface area contributed by atoms with E-state index < -0.39 is 6.10 Å². The molecule has 0 bridgehead atoms. The second kappa shape index (κ2) is 5.99. The average Bonchev–Trinajstić information content (AvgIpc) is 2.78. The summed E-state index contributed by atoms with van der Waals surface area (Å²) >= 11 is 1.64. The minimum absolute atomic E-state index is 0.457. The van der Waals surface area contributed by atoms with Crippen molar-refractivity contribution in [1.29, 1.82) is 0 Å². The summed E-state index contributed by atoms with van der Waals surface area (Å²) < 4.78 is 0. The Hall–Kier alpha value is -0.650. The van der Waals surface area contributed by atoms with Crippen molar-refractivity contribution in [3.8, 4) is 0 Å². The van der Waals surface area contributed by atoms with Crippen molar-refractivity contribution in [3.05, 3.63) is 11.1 Å². The molecular formula is C13H23N3OS. The highest BCUT2D eigenvalue weighted by Crippen LogP contribution is 2.28. The maximum atomic E-state index is 9.50. The summed E-state index contributed by atoms with van der Waals surface area (Å²) in [6.45, 7) is 5.13. The molecule has 0 saturated carbocycles. The van der Waals surface area contributed by atoms with E-state index in [-0.39, 0.29) is 0 Å². The maximum Gasteiger partial charge on any atom is 0.185 e. The molecule has 0 spiro atoms. The number of rotatable bonds is 4. The van der Waals surface area contributed by atoms with Crippen LogP contribution < -0.4 is 4.90 Å². The molecule has 1 aromatic heterocycles.